The molecular formula is C32H35BClFN4O5S. The minimum absolute atomic E-state index is 0.113. The molecule has 1 amide bonds. The average molecular weight is 653 g/mol. The Kier molecular flexibility index (Phi) is 7.79. The van der Waals surface area contributed by atoms with E-state index >= 15 is 4.39 Å². The zero-order valence-electron chi connectivity index (χ0n) is 26.0. The maximum atomic E-state index is 15.5. The third-order valence-corrected chi connectivity index (χ3v) is 10.3. The van der Waals surface area contributed by atoms with E-state index in [1.807, 2.05) is 33.8 Å². The van der Waals surface area contributed by atoms with Gasteiger partial charge in [-0.05, 0) is 81.8 Å². The van der Waals surface area contributed by atoms with Gasteiger partial charge < -0.3 is 14.6 Å². The summed E-state index contributed by atoms with van der Waals surface area (Å²) in [5.74, 6) is -0.752. The summed E-state index contributed by atoms with van der Waals surface area (Å²) in [5.41, 5.74) is 2.70. The van der Waals surface area contributed by atoms with Crippen LogP contribution in [0.1, 0.15) is 67.9 Å². The van der Waals surface area contributed by atoms with Crippen LogP contribution in [-0.2, 0) is 25.9 Å². The van der Waals surface area contributed by atoms with Gasteiger partial charge in [-0.2, -0.15) is 5.10 Å². The van der Waals surface area contributed by atoms with E-state index < -0.39 is 34.2 Å². The van der Waals surface area contributed by atoms with Crippen LogP contribution in [0, 0.1) is 5.82 Å². The molecule has 45 heavy (non-hydrogen) atoms. The number of halogens is 2. The largest absolute Gasteiger partial charge is 0.497 e. The Morgan fingerprint density at radius 3 is 2.31 bits per heavy atom. The number of carbonyl (C=O) groups excluding carboxylic acids is 1. The van der Waals surface area contributed by atoms with Crippen LogP contribution in [-0.4, -0.2) is 55.6 Å². The lowest BCUT2D eigenvalue weighted by Gasteiger charge is -2.32. The minimum atomic E-state index is -3.84. The Morgan fingerprint density at radius 2 is 1.76 bits per heavy atom. The third kappa shape index (κ3) is 5.85. The number of fused-ring (bicyclic) bond motifs is 1. The molecule has 2 aliphatic rings. The van der Waals surface area contributed by atoms with Gasteiger partial charge in [0.1, 0.15) is 11.5 Å². The fraction of sp³-hybridized carbons (Fsp3) is 0.375. The van der Waals surface area contributed by atoms with Crippen molar-refractivity contribution in [3.63, 3.8) is 0 Å². The van der Waals surface area contributed by atoms with E-state index in [0.717, 1.165) is 24.7 Å². The molecule has 0 spiro atoms. The summed E-state index contributed by atoms with van der Waals surface area (Å²) in [6.45, 7) is 7.47. The third-order valence-electron chi connectivity index (χ3n) is 8.94. The smallest absolute Gasteiger partial charge is 0.399 e. The van der Waals surface area contributed by atoms with Crippen LogP contribution in [0.4, 0.5) is 10.1 Å². The number of hydrogen-bond donors (Lipinski definition) is 1. The van der Waals surface area contributed by atoms with E-state index in [0.29, 0.717) is 38.6 Å². The average Bonchev–Trinajstić information content (AvgIpc) is 3.70. The molecule has 3 heterocycles. The highest BCUT2D eigenvalue weighted by Gasteiger charge is 2.52. The van der Waals surface area contributed by atoms with Gasteiger partial charge in [-0.25, -0.2) is 17.3 Å². The summed E-state index contributed by atoms with van der Waals surface area (Å²) in [4.78, 5) is 13.1. The minimum Gasteiger partial charge on any atom is -0.399 e. The Bertz CT molecular complexity index is 1910. The molecule has 1 aliphatic heterocycles. The monoisotopic (exact) mass is 652 g/mol. The number of hydrogen-bond acceptors (Lipinski definition) is 6. The van der Waals surface area contributed by atoms with Gasteiger partial charge in [-0.15, -0.1) is 0 Å². The molecule has 1 aliphatic carbocycles. The number of sulfonamides is 1. The normalized spacial score (nSPS) is 17.6. The van der Waals surface area contributed by atoms with Crippen molar-refractivity contribution in [3.8, 4) is 11.3 Å². The van der Waals surface area contributed by atoms with Crippen LogP contribution in [0.2, 0.25) is 5.02 Å². The molecule has 2 aromatic carbocycles. The van der Waals surface area contributed by atoms with Gasteiger partial charge in [0.25, 0.3) is 5.91 Å². The highest BCUT2D eigenvalue weighted by molar-refractivity contribution is 7.92. The number of anilines is 1. The Balaban J connectivity index is 1.42. The van der Waals surface area contributed by atoms with Gasteiger partial charge >= 0.3 is 7.12 Å². The van der Waals surface area contributed by atoms with Gasteiger partial charge in [0.15, 0.2) is 0 Å². The lowest BCUT2D eigenvalue weighted by molar-refractivity contribution is 0.00578. The van der Waals surface area contributed by atoms with Crippen LogP contribution in [0.25, 0.3) is 16.8 Å². The zero-order valence-corrected chi connectivity index (χ0v) is 27.6. The highest BCUT2D eigenvalue weighted by atomic mass is 35.5. The van der Waals surface area contributed by atoms with Crippen molar-refractivity contribution in [3.05, 3.63) is 82.3 Å². The Labute approximate surface area is 267 Å². The first-order valence-corrected chi connectivity index (χ1v) is 17.0. The summed E-state index contributed by atoms with van der Waals surface area (Å²) in [6.07, 6.45) is 4.53. The van der Waals surface area contributed by atoms with E-state index in [4.69, 9.17) is 26.0 Å². The van der Waals surface area contributed by atoms with E-state index in [1.54, 1.807) is 49.6 Å². The molecule has 1 saturated heterocycles. The number of amides is 1. The topological polar surface area (TPSA) is 102 Å². The molecule has 1 N–H and O–H groups in total. The molecule has 236 valence electrons. The molecule has 6 rings (SSSR count). The predicted octanol–water partition coefficient (Wildman–Crippen LogP) is 5.30. The number of benzene rings is 2. The molecule has 0 unspecified atom stereocenters. The molecule has 0 bridgehead atoms. The van der Waals surface area contributed by atoms with Crippen molar-refractivity contribution in [1.82, 2.24) is 14.9 Å². The van der Waals surface area contributed by atoms with Crippen LogP contribution in [0.3, 0.4) is 0 Å². The Hall–Kier alpha value is -3.45. The first-order chi connectivity index (χ1) is 21.1. The van der Waals surface area contributed by atoms with Crippen LogP contribution >= 0.6 is 11.6 Å². The molecular weight excluding hydrogens is 618 g/mol. The van der Waals surface area contributed by atoms with Gasteiger partial charge in [-0.3, -0.25) is 9.10 Å². The summed E-state index contributed by atoms with van der Waals surface area (Å²) in [6, 6.07) is 13.4. The van der Waals surface area contributed by atoms with Crippen molar-refractivity contribution in [2.45, 2.75) is 64.2 Å². The molecule has 4 aromatic rings. The van der Waals surface area contributed by atoms with E-state index in [-0.39, 0.29) is 23.8 Å². The Morgan fingerprint density at radius 1 is 1.11 bits per heavy atom. The van der Waals surface area contributed by atoms with Crippen LogP contribution < -0.4 is 15.1 Å². The van der Waals surface area contributed by atoms with Crippen molar-refractivity contribution < 1.29 is 26.9 Å². The SMILES string of the molecule is CNC(=O)c1c(-c2ccc(Cl)cc2)nn2cc(N(Cc3ccc(B4OC(C)(C)C(C)(C)O4)c(F)c3)S(C)(=O)=O)c(C3CC3)cc12. The van der Waals surface area contributed by atoms with E-state index in [2.05, 4.69) is 5.32 Å². The number of pyridine rings is 1. The zero-order chi connectivity index (χ0) is 32.5. The lowest BCUT2D eigenvalue weighted by Crippen LogP contribution is -2.41. The number of rotatable bonds is 8. The van der Waals surface area contributed by atoms with Crippen molar-refractivity contribution in [1.29, 1.82) is 0 Å². The number of aromatic nitrogens is 2. The first kappa shape index (κ1) is 31.5. The molecule has 13 heteroatoms. The van der Waals surface area contributed by atoms with Crippen molar-refractivity contribution in [2.75, 3.05) is 17.6 Å². The fourth-order valence-corrected chi connectivity index (χ4v) is 6.58. The molecule has 9 nitrogen and oxygen atoms in total. The molecule has 1 saturated carbocycles. The lowest BCUT2D eigenvalue weighted by atomic mass is 9.78. The summed E-state index contributed by atoms with van der Waals surface area (Å²) in [7, 11) is -3.17. The van der Waals surface area contributed by atoms with Crippen molar-refractivity contribution in [2.24, 2.45) is 0 Å². The molecule has 0 radical (unpaired) electrons. The van der Waals surface area contributed by atoms with Gasteiger partial charge in [0.05, 0.1) is 47.0 Å². The highest BCUT2D eigenvalue weighted by Crippen LogP contribution is 2.46. The molecule has 2 fully saturated rings. The standard InChI is InChI=1S/C32H35BClFN4O5S/c1-31(2)32(3,4)44-33(43-31)24-14-7-19(15-25(24)35)17-39(45(6,41)42)27-18-38-26(16-23(27)20-8-9-20)28(30(40)36-5)29(37-38)21-10-12-22(34)13-11-21/h7,10-16,18,20H,8-9,17H2,1-6H3,(H,36,40). The van der Waals surface area contributed by atoms with E-state index in [1.165, 1.54) is 14.9 Å². The molecule has 2 aromatic heterocycles. The second kappa shape index (κ2) is 11.1. The van der Waals surface area contributed by atoms with Gasteiger partial charge in [0.2, 0.25) is 10.0 Å². The van der Waals surface area contributed by atoms with Crippen LogP contribution in [0.5, 0.6) is 0 Å². The first-order valence-electron chi connectivity index (χ1n) is 14.8. The number of carbonyl (C=O) groups is 1. The number of nitrogens with one attached hydrogen (secondary N) is 1. The van der Waals surface area contributed by atoms with Gasteiger partial charge in [-0.1, -0.05) is 35.9 Å². The van der Waals surface area contributed by atoms with E-state index in [9.17, 15) is 13.2 Å². The summed E-state index contributed by atoms with van der Waals surface area (Å²) in [5, 5.41) is 7.98. The molecule has 0 atom stereocenters. The number of nitrogens with zero attached hydrogens (tertiary/aromatic N) is 3. The second-order valence-corrected chi connectivity index (χ2v) is 15.1. The summed E-state index contributed by atoms with van der Waals surface area (Å²) >= 11 is 6.11. The maximum Gasteiger partial charge on any atom is 0.497 e. The summed E-state index contributed by atoms with van der Waals surface area (Å²) < 4.78 is 57.1. The maximum absolute atomic E-state index is 15.5. The fourth-order valence-electron chi connectivity index (χ4n) is 5.56. The quantitative estimate of drug-likeness (QED) is 0.260. The van der Waals surface area contributed by atoms with Crippen LogP contribution in [0.15, 0.2) is 54.7 Å². The van der Waals surface area contributed by atoms with Gasteiger partial charge in [0, 0.05) is 23.1 Å². The second-order valence-electron chi connectivity index (χ2n) is 12.7. The predicted molar refractivity (Wildman–Crippen MR) is 174 cm³/mol. The van der Waals surface area contributed by atoms with Crippen molar-refractivity contribution >= 4 is 51.3 Å².